The van der Waals surface area contributed by atoms with E-state index >= 15 is 0 Å². The van der Waals surface area contributed by atoms with Gasteiger partial charge < -0.3 is 5.32 Å². The van der Waals surface area contributed by atoms with Crippen LogP contribution in [0.15, 0.2) is 12.1 Å². The van der Waals surface area contributed by atoms with Gasteiger partial charge in [0, 0.05) is 35.1 Å². The molecule has 1 fully saturated rings. The largest absolute Gasteiger partial charge is 0.369 e. The highest BCUT2D eigenvalue weighted by Gasteiger charge is 2.17. The number of rotatable bonds is 4. The van der Waals surface area contributed by atoms with Crippen LogP contribution in [0.3, 0.4) is 0 Å². The van der Waals surface area contributed by atoms with Crippen molar-refractivity contribution in [1.29, 1.82) is 5.26 Å². The number of nitrogens with one attached hydrogen (secondary N) is 1. The van der Waals surface area contributed by atoms with Crippen molar-refractivity contribution in [3.8, 4) is 6.07 Å². The average Bonchev–Trinajstić information content (AvgIpc) is 2.45. The second-order valence-corrected chi connectivity index (χ2v) is 6.44. The molecule has 1 aliphatic heterocycles. The van der Waals surface area contributed by atoms with Crippen LogP contribution in [0.4, 0.5) is 11.5 Å². The molecular weight excluding hydrogens is 284 g/mol. The standard InChI is InChI=1S/C11H12N4O2S2/c12-5-9-10(15(16)17)1-2-11(14-9)13-6-8-7-18-3-4-19-8/h1-2,8H,3-4,6-7H2,(H,13,14). The third-order valence-electron chi connectivity index (χ3n) is 2.57. The van der Waals surface area contributed by atoms with E-state index in [4.69, 9.17) is 5.26 Å². The first-order valence-electron chi connectivity index (χ1n) is 5.69. The summed E-state index contributed by atoms with van der Waals surface area (Å²) in [5, 5.41) is 23.2. The molecule has 0 radical (unpaired) electrons. The van der Waals surface area contributed by atoms with E-state index in [0.29, 0.717) is 11.1 Å². The van der Waals surface area contributed by atoms with Crippen LogP contribution >= 0.6 is 23.5 Å². The Morgan fingerprint density at radius 3 is 3.05 bits per heavy atom. The highest BCUT2D eigenvalue weighted by Crippen LogP contribution is 2.24. The van der Waals surface area contributed by atoms with Crippen LogP contribution in [0.25, 0.3) is 0 Å². The fourth-order valence-electron chi connectivity index (χ4n) is 1.65. The maximum Gasteiger partial charge on any atom is 0.305 e. The molecule has 0 spiro atoms. The van der Waals surface area contributed by atoms with Gasteiger partial charge in [-0.3, -0.25) is 10.1 Å². The molecule has 2 heterocycles. The molecular formula is C11H12N4O2S2. The Balaban J connectivity index is 2.01. The lowest BCUT2D eigenvalue weighted by Gasteiger charge is -2.21. The highest BCUT2D eigenvalue weighted by atomic mass is 32.2. The maximum absolute atomic E-state index is 10.7. The van der Waals surface area contributed by atoms with Gasteiger partial charge in [-0.05, 0) is 6.07 Å². The molecule has 1 aromatic rings. The summed E-state index contributed by atoms with van der Waals surface area (Å²) in [7, 11) is 0. The Kier molecular flexibility index (Phi) is 4.87. The first-order chi connectivity index (χ1) is 9.20. The molecule has 0 saturated carbocycles. The van der Waals surface area contributed by atoms with E-state index in [1.807, 2.05) is 23.5 Å². The minimum atomic E-state index is -0.594. The van der Waals surface area contributed by atoms with E-state index in [0.717, 1.165) is 18.1 Å². The number of nitro groups is 1. The molecule has 2 rings (SSSR count). The molecule has 6 nitrogen and oxygen atoms in total. The van der Waals surface area contributed by atoms with Gasteiger partial charge in [0.2, 0.25) is 5.69 Å². The molecule has 100 valence electrons. The molecule has 1 unspecified atom stereocenters. The minimum absolute atomic E-state index is 0.152. The van der Waals surface area contributed by atoms with Crippen LogP contribution in [0, 0.1) is 21.4 Å². The average molecular weight is 296 g/mol. The quantitative estimate of drug-likeness (QED) is 0.672. The number of pyridine rings is 1. The van der Waals surface area contributed by atoms with Gasteiger partial charge in [-0.2, -0.15) is 28.8 Å². The molecule has 1 saturated heterocycles. The third kappa shape index (κ3) is 3.75. The van der Waals surface area contributed by atoms with Crippen molar-refractivity contribution in [2.24, 2.45) is 0 Å². The smallest absolute Gasteiger partial charge is 0.305 e. The minimum Gasteiger partial charge on any atom is -0.369 e. The van der Waals surface area contributed by atoms with Crippen LogP contribution < -0.4 is 5.32 Å². The molecule has 0 aliphatic carbocycles. The number of nitrogens with zero attached hydrogens (tertiary/aromatic N) is 3. The van der Waals surface area contributed by atoms with E-state index in [-0.39, 0.29) is 11.4 Å². The number of hydrogen-bond donors (Lipinski definition) is 1. The zero-order valence-corrected chi connectivity index (χ0v) is 11.7. The number of thioether (sulfide) groups is 2. The van der Waals surface area contributed by atoms with Gasteiger partial charge in [0.15, 0.2) is 0 Å². The lowest BCUT2D eigenvalue weighted by Crippen LogP contribution is -2.23. The van der Waals surface area contributed by atoms with E-state index in [9.17, 15) is 10.1 Å². The molecule has 19 heavy (non-hydrogen) atoms. The Bertz CT molecular complexity index is 512. The van der Waals surface area contributed by atoms with Crippen molar-refractivity contribution in [2.45, 2.75) is 5.25 Å². The number of hydrogen-bond acceptors (Lipinski definition) is 7. The predicted octanol–water partition coefficient (Wildman–Crippen LogP) is 2.12. The summed E-state index contributed by atoms with van der Waals surface area (Å²) < 4.78 is 0. The Morgan fingerprint density at radius 2 is 2.42 bits per heavy atom. The lowest BCUT2D eigenvalue weighted by molar-refractivity contribution is -0.385. The maximum atomic E-state index is 10.7. The van der Waals surface area contributed by atoms with Crippen LogP contribution in [-0.4, -0.2) is 39.0 Å². The molecule has 1 aromatic heterocycles. The molecule has 0 amide bonds. The van der Waals surface area contributed by atoms with Crippen molar-refractivity contribution in [3.05, 3.63) is 27.9 Å². The van der Waals surface area contributed by atoms with Gasteiger partial charge in [-0.15, -0.1) is 0 Å². The second kappa shape index (κ2) is 6.63. The van der Waals surface area contributed by atoms with Gasteiger partial charge in [0.1, 0.15) is 11.9 Å². The summed E-state index contributed by atoms with van der Waals surface area (Å²) in [6.07, 6.45) is 0. The molecule has 0 bridgehead atoms. The van der Waals surface area contributed by atoms with Crippen molar-refractivity contribution >= 4 is 35.0 Å². The zero-order chi connectivity index (χ0) is 13.7. The first-order valence-corrected chi connectivity index (χ1v) is 7.90. The Labute approximate surface area is 119 Å². The molecule has 1 atom stereocenters. The Hall–Kier alpha value is -1.46. The van der Waals surface area contributed by atoms with Crippen LogP contribution in [0.1, 0.15) is 5.69 Å². The SMILES string of the molecule is N#Cc1nc(NCC2CSCCS2)ccc1[N+](=O)[O-]. The topological polar surface area (TPSA) is 91.8 Å². The van der Waals surface area contributed by atoms with Gasteiger partial charge in [0.25, 0.3) is 0 Å². The summed E-state index contributed by atoms with van der Waals surface area (Å²) in [5.41, 5.74) is -0.406. The summed E-state index contributed by atoms with van der Waals surface area (Å²) >= 11 is 3.85. The van der Waals surface area contributed by atoms with Crippen LogP contribution in [0.2, 0.25) is 0 Å². The summed E-state index contributed by atoms with van der Waals surface area (Å²) in [6, 6.07) is 4.61. The normalized spacial score (nSPS) is 18.6. The fraction of sp³-hybridized carbons (Fsp3) is 0.455. The van der Waals surface area contributed by atoms with Crippen LogP contribution in [0.5, 0.6) is 0 Å². The van der Waals surface area contributed by atoms with Crippen molar-refractivity contribution in [1.82, 2.24) is 4.98 Å². The fourth-order valence-corrected chi connectivity index (χ4v) is 4.26. The van der Waals surface area contributed by atoms with E-state index in [2.05, 4.69) is 10.3 Å². The number of anilines is 1. The van der Waals surface area contributed by atoms with Crippen molar-refractivity contribution in [2.75, 3.05) is 29.1 Å². The van der Waals surface area contributed by atoms with E-state index < -0.39 is 4.92 Å². The number of aromatic nitrogens is 1. The highest BCUT2D eigenvalue weighted by molar-refractivity contribution is 8.06. The van der Waals surface area contributed by atoms with Gasteiger partial charge in [0.05, 0.1) is 4.92 Å². The number of nitriles is 1. The van der Waals surface area contributed by atoms with Crippen LogP contribution in [-0.2, 0) is 0 Å². The van der Waals surface area contributed by atoms with E-state index in [1.54, 1.807) is 12.1 Å². The third-order valence-corrected chi connectivity index (χ3v) is 5.42. The zero-order valence-electron chi connectivity index (χ0n) is 10.0. The second-order valence-electron chi connectivity index (χ2n) is 3.88. The summed E-state index contributed by atoms with van der Waals surface area (Å²) in [4.78, 5) is 14.1. The summed E-state index contributed by atoms with van der Waals surface area (Å²) in [6.45, 7) is 0.757. The molecule has 1 N–H and O–H groups in total. The molecule has 1 aliphatic rings. The molecule has 8 heteroatoms. The first kappa shape index (κ1) is 14.0. The van der Waals surface area contributed by atoms with Gasteiger partial charge >= 0.3 is 5.69 Å². The van der Waals surface area contributed by atoms with Gasteiger partial charge in [-0.1, -0.05) is 0 Å². The summed E-state index contributed by atoms with van der Waals surface area (Å²) in [5.74, 6) is 3.94. The van der Waals surface area contributed by atoms with Gasteiger partial charge in [-0.25, -0.2) is 4.98 Å². The lowest BCUT2D eigenvalue weighted by atomic mass is 10.3. The van der Waals surface area contributed by atoms with E-state index in [1.165, 1.54) is 11.8 Å². The predicted molar refractivity (Wildman–Crippen MR) is 77.7 cm³/mol. The van der Waals surface area contributed by atoms with Crippen molar-refractivity contribution < 1.29 is 4.92 Å². The Morgan fingerprint density at radius 1 is 1.58 bits per heavy atom. The molecule has 0 aromatic carbocycles. The van der Waals surface area contributed by atoms with Crippen molar-refractivity contribution in [3.63, 3.8) is 0 Å². The monoisotopic (exact) mass is 296 g/mol.